The van der Waals surface area contributed by atoms with Crippen molar-refractivity contribution in [3.63, 3.8) is 0 Å². The Balaban J connectivity index is 1.63. The fraction of sp³-hybridized carbons (Fsp3) is 0.733. The number of piperazine rings is 1. The molecule has 0 unspecified atom stereocenters. The average Bonchev–Trinajstić information content (AvgIpc) is 2.93. The Morgan fingerprint density at radius 1 is 1.33 bits per heavy atom. The lowest BCUT2D eigenvalue weighted by molar-refractivity contribution is 0.000449. The molecule has 6 nitrogen and oxygen atoms in total. The van der Waals surface area contributed by atoms with Gasteiger partial charge in [-0.25, -0.2) is 4.98 Å². The summed E-state index contributed by atoms with van der Waals surface area (Å²) in [7, 11) is 1.86. The fourth-order valence-corrected chi connectivity index (χ4v) is 3.38. The van der Waals surface area contributed by atoms with Gasteiger partial charge in [-0.05, 0) is 19.8 Å². The lowest BCUT2D eigenvalue weighted by atomic mass is 10.0. The van der Waals surface area contributed by atoms with E-state index in [1.165, 1.54) is 0 Å². The minimum absolute atomic E-state index is 0.0918. The molecule has 116 valence electrons. The van der Waals surface area contributed by atoms with Crippen molar-refractivity contribution in [2.24, 2.45) is 7.05 Å². The first-order valence-electron chi connectivity index (χ1n) is 7.76. The van der Waals surface area contributed by atoms with Crippen LogP contribution in [0.5, 0.6) is 0 Å². The van der Waals surface area contributed by atoms with Crippen LogP contribution in [0.2, 0.25) is 0 Å². The Morgan fingerprint density at radius 3 is 2.71 bits per heavy atom. The molecule has 0 N–H and O–H groups in total. The van der Waals surface area contributed by atoms with Crippen LogP contribution in [0, 0.1) is 0 Å². The lowest BCUT2D eigenvalue weighted by Crippen LogP contribution is -2.57. The zero-order valence-corrected chi connectivity index (χ0v) is 12.9. The quantitative estimate of drug-likeness (QED) is 0.807. The van der Waals surface area contributed by atoms with E-state index in [1.807, 2.05) is 11.9 Å². The average molecular weight is 292 g/mol. The fourth-order valence-electron chi connectivity index (χ4n) is 3.38. The van der Waals surface area contributed by atoms with Crippen LogP contribution in [0.3, 0.4) is 0 Å². The van der Waals surface area contributed by atoms with Crippen LogP contribution in [0.4, 0.5) is 0 Å². The summed E-state index contributed by atoms with van der Waals surface area (Å²) in [4.78, 5) is 21.2. The van der Waals surface area contributed by atoms with Crippen molar-refractivity contribution in [2.45, 2.75) is 31.8 Å². The summed E-state index contributed by atoms with van der Waals surface area (Å²) in [6.45, 7) is 6.58. The summed E-state index contributed by atoms with van der Waals surface area (Å²) < 4.78 is 7.23. The van der Waals surface area contributed by atoms with Gasteiger partial charge in [0.25, 0.3) is 5.91 Å². The summed E-state index contributed by atoms with van der Waals surface area (Å²) in [6, 6.07) is 0.860. The van der Waals surface area contributed by atoms with E-state index in [-0.39, 0.29) is 11.9 Å². The van der Waals surface area contributed by atoms with Gasteiger partial charge in [0.2, 0.25) is 0 Å². The third-order valence-electron chi connectivity index (χ3n) is 4.66. The van der Waals surface area contributed by atoms with Crippen LogP contribution >= 0.6 is 0 Å². The molecular weight excluding hydrogens is 268 g/mol. The van der Waals surface area contributed by atoms with Gasteiger partial charge in [0, 0.05) is 52.0 Å². The minimum atomic E-state index is 0.0918. The topological polar surface area (TPSA) is 50.6 Å². The molecule has 3 rings (SSSR count). The largest absolute Gasteiger partial charge is 0.381 e. The molecule has 0 bridgehead atoms. The molecule has 0 radical (unpaired) electrons. The summed E-state index contributed by atoms with van der Waals surface area (Å²) in [6.07, 6.45) is 5.56. The number of carbonyl (C=O) groups excluding carboxylic acids is 1. The van der Waals surface area contributed by atoms with Crippen LogP contribution in [0.15, 0.2) is 12.5 Å². The van der Waals surface area contributed by atoms with Crippen molar-refractivity contribution in [1.82, 2.24) is 19.4 Å². The van der Waals surface area contributed by atoms with Gasteiger partial charge in [-0.1, -0.05) is 0 Å². The first-order valence-corrected chi connectivity index (χ1v) is 7.76. The van der Waals surface area contributed by atoms with Gasteiger partial charge in [-0.2, -0.15) is 0 Å². The summed E-state index contributed by atoms with van der Waals surface area (Å²) >= 11 is 0. The van der Waals surface area contributed by atoms with E-state index >= 15 is 0 Å². The summed E-state index contributed by atoms with van der Waals surface area (Å²) in [5, 5.41) is 0. The van der Waals surface area contributed by atoms with E-state index in [4.69, 9.17) is 4.74 Å². The van der Waals surface area contributed by atoms with Gasteiger partial charge in [-0.15, -0.1) is 0 Å². The molecule has 1 aromatic heterocycles. The van der Waals surface area contributed by atoms with Crippen LogP contribution < -0.4 is 0 Å². The second-order valence-corrected chi connectivity index (χ2v) is 6.08. The second-order valence-electron chi connectivity index (χ2n) is 6.08. The second kappa shape index (κ2) is 6.15. The first kappa shape index (κ1) is 14.5. The lowest BCUT2D eigenvalue weighted by Gasteiger charge is -2.44. The molecule has 2 aliphatic heterocycles. The molecule has 6 heteroatoms. The highest BCUT2D eigenvalue weighted by molar-refractivity contribution is 5.92. The highest BCUT2D eigenvalue weighted by atomic mass is 16.5. The Hall–Kier alpha value is -1.40. The zero-order chi connectivity index (χ0) is 14.8. The zero-order valence-electron chi connectivity index (χ0n) is 12.9. The Bertz CT molecular complexity index is 496. The SMILES string of the molecule is C[C@H]1CN(C2CCOCC2)CCN1C(=O)c1cncn1C. The molecule has 1 amide bonds. The smallest absolute Gasteiger partial charge is 0.272 e. The van der Waals surface area contributed by atoms with Crippen molar-refractivity contribution < 1.29 is 9.53 Å². The number of rotatable bonds is 2. The molecule has 21 heavy (non-hydrogen) atoms. The number of hydrogen-bond donors (Lipinski definition) is 0. The molecule has 0 spiro atoms. The number of amides is 1. The van der Waals surface area contributed by atoms with E-state index in [0.717, 1.165) is 45.7 Å². The van der Waals surface area contributed by atoms with Crippen LogP contribution in [-0.2, 0) is 11.8 Å². The maximum atomic E-state index is 12.6. The van der Waals surface area contributed by atoms with Gasteiger partial charge in [0.1, 0.15) is 5.69 Å². The van der Waals surface area contributed by atoms with Gasteiger partial charge >= 0.3 is 0 Å². The molecule has 0 saturated carbocycles. The maximum absolute atomic E-state index is 12.6. The number of carbonyl (C=O) groups is 1. The first-order chi connectivity index (χ1) is 10.2. The molecule has 1 aromatic rings. The molecule has 1 atom stereocenters. The predicted octanol–water partition coefficient (Wildman–Crippen LogP) is 0.745. The normalized spacial score (nSPS) is 25.2. The van der Waals surface area contributed by atoms with E-state index in [1.54, 1.807) is 17.1 Å². The predicted molar refractivity (Wildman–Crippen MR) is 79.1 cm³/mol. The highest BCUT2D eigenvalue weighted by Crippen LogP contribution is 2.20. The van der Waals surface area contributed by atoms with E-state index in [0.29, 0.717) is 11.7 Å². The number of nitrogens with zero attached hydrogens (tertiary/aromatic N) is 4. The Labute approximate surface area is 125 Å². The van der Waals surface area contributed by atoms with Gasteiger partial charge in [0.05, 0.1) is 12.5 Å². The van der Waals surface area contributed by atoms with Crippen molar-refractivity contribution in [3.8, 4) is 0 Å². The summed E-state index contributed by atoms with van der Waals surface area (Å²) in [5.74, 6) is 0.0918. The molecule has 2 aliphatic rings. The molecule has 0 aromatic carbocycles. The van der Waals surface area contributed by atoms with Gasteiger partial charge < -0.3 is 14.2 Å². The molecule has 2 fully saturated rings. The Morgan fingerprint density at radius 2 is 2.10 bits per heavy atom. The van der Waals surface area contributed by atoms with Crippen molar-refractivity contribution in [1.29, 1.82) is 0 Å². The van der Waals surface area contributed by atoms with Gasteiger partial charge in [-0.3, -0.25) is 9.69 Å². The minimum Gasteiger partial charge on any atom is -0.381 e. The van der Waals surface area contributed by atoms with Crippen molar-refractivity contribution in [3.05, 3.63) is 18.2 Å². The molecule has 0 aliphatic carbocycles. The number of ether oxygens (including phenoxy) is 1. The van der Waals surface area contributed by atoms with Crippen molar-refractivity contribution >= 4 is 5.91 Å². The molecular formula is C15H24N4O2. The van der Waals surface area contributed by atoms with Crippen LogP contribution in [0.25, 0.3) is 0 Å². The third kappa shape index (κ3) is 2.96. The maximum Gasteiger partial charge on any atom is 0.272 e. The number of imidazole rings is 1. The Kier molecular flexibility index (Phi) is 4.26. The van der Waals surface area contributed by atoms with E-state index < -0.39 is 0 Å². The monoisotopic (exact) mass is 292 g/mol. The standard InChI is InChI=1S/C15H24N4O2/c1-12-10-18(13-3-7-21-8-4-13)5-6-19(12)15(20)14-9-16-11-17(14)2/h9,11-13H,3-8,10H2,1-2H3/t12-/m0/s1. The van der Waals surface area contributed by atoms with Crippen molar-refractivity contribution in [2.75, 3.05) is 32.8 Å². The van der Waals surface area contributed by atoms with Crippen LogP contribution in [0.1, 0.15) is 30.3 Å². The number of hydrogen-bond acceptors (Lipinski definition) is 4. The highest BCUT2D eigenvalue weighted by Gasteiger charge is 2.32. The van der Waals surface area contributed by atoms with E-state index in [2.05, 4.69) is 16.8 Å². The van der Waals surface area contributed by atoms with E-state index in [9.17, 15) is 4.79 Å². The van der Waals surface area contributed by atoms with Gasteiger partial charge in [0.15, 0.2) is 0 Å². The molecule has 3 heterocycles. The summed E-state index contributed by atoms with van der Waals surface area (Å²) in [5.41, 5.74) is 0.668. The van der Waals surface area contributed by atoms with Crippen LogP contribution in [-0.4, -0.2) is 70.2 Å². The number of aryl methyl sites for hydroxylation is 1. The molecule has 2 saturated heterocycles. The number of aromatic nitrogens is 2. The third-order valence-corrected chi connectivity index (χ3v) is 4.66.